The number of carboxylic acids is 1. The number of carbonyl (C=O) groups excluding carboxylic acids is 1. The largest absolute Gasteiger partial charge is 0.478 e. The molecule has 2 amide bonds. The zero-order valence-electron chi connectivity index (χ0n) is 9.98. The normalized spacial score (nSPS) is 14.7. The number of hydrogen-bond acceptors (Lipinski definition) is 2. The molecule has 18 heavy (non-hydrogen) atoms. The summed E-state index contributed by atoms with van der Waals surface area (Å²) in [5, 5.41) is 14.2. The van der Waals surface area contributed by atoms with Crippen molar-refractivity contribution >= 4 is 17.7 Å². The summed E-state index contributed by atoms with van der Waals surface area (Å²) in [4.78, 5) is 22.2. The number of rotatable bonds is 4. The summed E-state index contributed by atoms with van der Waals surface area (Å²) in [6.45, 7) is 0.707. The summed E-state index contributed by atoms with van der Waals surface area (Å²) in [5.41, 5.74) is 0.793. The molecule has 3 N–H and O–H groups in total. The van der Waals surface area contributed by atoms with Crippen molar-refractivity contribution in [3.8, 4) is 0 Å². The molecule has 1 aromatic carbocycles. The minimum absolute atomic E-state index is 0.204. The van der Waals surface area contributed by atoms with Crippen molar-refractivity contribution < 1.29 is 14.7 Å². The van der Waals surface area contributed by atoms with Crippen LogP contribution in [-0.4, -0.2) is 23.7 Å². The van der Waals surface area contributed by atoms with Gasteiger partial charge in [0, 0.05) is 12.2 Å². The van der Waals surface area contributed by atoms with Crippen molar-refractivity contribution in [3.63, 3.8) is 0 Å². The van der Waals surface area contributed by atoms with Gasteiger partial charge in [-0.25, -0.2) is 9.59 Å². The molecule has 0 atom stereocenters. The Balaban J connectivity index is 1.80. The second-order valence-electron chi connectivity index (χ2n) is 4.51. The molecule has 2 rings (SSSR count). The van der Waals surface area contributed by atoms with E-state index in [0.717, 1.165) is 0 Å². The minimum Gasteiger partial charge on any atom is -0.478 e. The van der Waals surface area contributed by atoms with E-state index in [1.54, 1.807) is 12.1 Å². The topological polar surface area (TPSA) is 78.4 Å². The molecule has 0 aliphatic heterocycles. The molecule has 1 saturated carbocycles. The lowest BCUT2D eigenvalue weighted by atomic mass is 9.85. The van der Waals surface area contributed by atoms with Gasteiger partial charge in [0.2, 0.25) is 0 Å². The van der Waals surface area contributed by atoms with Gasteiger partial charge in [-0.1, -0.05) is 6.42 Å². The Hall–Kier alpha value is -2.04. The van der Waals surface area contributed by atoms with Gasteiger partial charge in [-0.2, -0.15) is 0 Å². The van der Waals surface area contributed by atoms with Gasteiger partial charge < -0.3 is 15.7 Å². The molecular formula is C13H16N2O3. The van der Waals surface area contributed by atoms with E-state index in [2.05, 4.69) is 10.6 Å². The number of urea groups is 1. The third-order valence-corrected chi connectivity index (χ3v) is 3.17. The van der Waals surface area contributed by atoms with Crippen LogP contribution >= 0.6 is 0 Å². The van der Waals surface area contributed by atoms with E-state index in [1.807, 2.05) is 0 Å². The molecule has 5 nitrogen and oxygen atoms in total. The van der Waals surface area contributed by atoms with Gasteiger partial charge >= 0.3 is 12.0 Å². The average molecular weight is 248 g/mol. The average Bonchev–Trinajstić information content (AvgIpc) is 2.27. The number of amides is 2. The Morgan fingerprint density at radius 3 is 2.39 bits per heavy atom. The Bertz CT molecular complexity index is 438. The maximum atomic E-state index is 11.5. The van der Waals surface area contributed by atoms with Gasteiger partial charge in [0.15, 0.2) is 0 Å². The molecule has 0 bridgehead atoms. The smallest absolute Gasteiger partial charge is 0.335 e. The lowest BCUT2D eigenvalue weighted by Crippen LogP contribution is -2.35. The molecule has 1 fully saturated rings. The number of aromatic carboxylic acids is 1. The molecule has 5 heteroatoms. The first-order valence-electron chi connectivity index (χ1n) is 6.03. The van der Waals surface area contributed by atoms with E-state index in [0.29, 0.717) is 18.2 Å². The van der Waals surface area contributed by atoms with Crippen molar-refractivity contribution in [2.45, 2.75) is 19.3 Å². The fourth-order valence-electron chi connectivity index (χ4n) is 1.81. The van der Waals surface area contributed by atoms with Gasteiger partial charge in [0.1, 0.15) is 0 Å². The number of anilines is 1. The second-order valence-corrected chi connectivity index (χ2v) is 4.51. The number of benzene rings is 1. The van der Waals surface area contributed by atoms with E-state index in [4.69, 9.17) is 5.11 Å². The molecule has 0 radical (unpaired) electrons. The Morgan fingerprint density at radius 1 is 1.22 bits per heavy atom. The SMILES string of the molecule is O=C(NCC1CCC1)Nc1ccc(C(=O)O)cc1. The Labute approximate surface area is 105 Å². The van der Waals surface area contributed by atoms with Crippen molar-refractivity contribution in [2.24, 2.45) is 5.92 Å². The molecule has 0 spiro atoms. The van der Waals surface area contributed by atoms with Gasteiger partial charge in [0.05, 0.1) is 5.56 Å². The summed E-state index contributed by atoms with van der Waals surface area (Å²) < 4.78 is 0. The summed E-state index contributed by atoms with van der Waals surface area (Å²) >= 11 is 0. The highest BCUT2D eigenvalue weighted by Crippen LogP contribution is 2.25. The van der Waals surface area contributed by atoms with Crippen LogP contribution in [0.2, 0.25) is 0 Å². The zero-order chi connectivity index (χ0) is 13.0. The summed E-state index contributed by atoms with van der Waals surface area (Å²) in [7, 11) is 0. The van der Waals surface area contributed by atoms with Gasteiger partial charge in [-0.15, -0.1) is 0 Å². The predicted octanol–water partition coefficient (Wildman–Crippen LogP) is 2.31. The molecule has 0 heterocycles. The van der Waals surface area contributed by atoms with Crippen LogP contribution in [0.25, 0.3) is 0 Å². The fraction of sp³-hybridized carbons (Fsp3) is 0.385. The molecule has 0 saturated heterocycles. The van der Waals surface area contributed by atoms with Gasteiger partial charge in [0.25, 0.3) is 0 Å². The highest BCUT2D eigenvalue weighted by Gasteiger charge is 2.17. The first-order chi connectivity index (χ1) is 8.65. The van der Waals surface area contributed by atoms with E-state index < -0.39 is 5.97 Å². The minimum atomic E-state index is -0.976. The van der Waals surface area contributed by atoms with E-state index in [-0.39, 0.29) is 11.6 Å². The lowest BCUT2D eigenvalue weighted by molar-refractivity contribution is 0.0697. The van der Waals surface area contributed by atoms with Crippen LogP contribution in [0.5, 0.6) is 0 Å². The standard InChI is InChI=1S/C13H16N2O3/c16-12(17)10-4-6-11(7-5-10)15-13(18)14-8-9-2-1-3-9/h4-7,9H,1-3,8H2,(H,16,17)(H2,14,15,18). The molecular weight excluding hydrogens is 232 g/mol. The van der Waals surface area contributed by atoms with Crippen molar-refractivity contribution in [3.05, 3.63) is 29.8 Å². The van der Waals surface area contributed by atoms with Crippen LogP contribution in [0.1, 0.15) is 29.6 Å². The number of carbonyl (C=O) groups is 2. The quantitative estimate of drug-likeness (QED) is 0.765. The summed E-state index contributed by atoms with van der Waals surface area (Å²) in [5.74, 6) is -0.360. The number of carboxylic acid groups (broad SMARTS) is 1. The zero-order valence-corrected chi connectivity index (χ0v) is 9.98. The second kappa shape index (κ2) is 5.53. The fourth-order valence-corrected chi connectivity index (χ4v) is 1.81. The summed E-state index contributed by atoms with van der Waals surface area (Å²) in [6, 6.07) is 5.83. The van der Waals surface area contributed by atoms with Gasteiger partial charge in [-0.05, 0) is 43.0 Å². The van der Waals surface area contributed by atoms with Crippen molar-refractivity contribution in [2.75, 3.05) is 11.9 Å². The Morgan fingerprint density at radius 2 is 1.89 bits per heavy atom. The van der Waals surface area contributed by atoms with Crippen LogP contribution < -0.4 is 10.6 Å². The van der Waals surface area contributed by atoms with Crippen molar-refractivity contribution in [1.82, 2.24) is 5.32 Å². The molecule has 1 aliphatic carbocycles. The van der Waals surface area contributed by atoms with Crippen LogP contribution in [0.15, 0.2) is 24.3 Å². The van der Waals surface area contributed by atoms with E-state index in [1.165, 1.54) is 31.4 Å². The maximum Gasteiger partial charge on any atom is 0.335 e. The van der Waals surface area contributed by atoms with Crippen molar-refractivity contribution in [1.29, 1.82) is 0 Å². The number of nitrogens with one attached hydrogen (secondary N) is 2. The first-order valence-corrected chi connectivity index (χ1v) is 6.03. The maximum absolute atomic E-state index is 11.5. The monoisotopic (exact) mass is 248 g/mol. The van der Waals surface area contributed by atoms with Crippen LogP contribution in [0.3, 0.4) is 0 Å². The molecule has 96 valence electrons. The highest BCUT2D eigenvalue weighted by molar-refractivity contribution is 5.91. The molecule has 1 aliphatic rings. The van der Waals surface area contributed by atoms with Gasteiger partial charge in [-0.3, -0.25) is 0 Å². The highest BCUT2D eigenvalue weighted by atomic mass is 16.4. The van der Waals surface area contributed by atoms with Crippen LogP contribution in [0.4, 0.5) is 10.5 Å². The third-order valence-electron chi connectivity index (χ3n) is 3.17. The third kappa shape index (κ3) is 3.23. The molecule has 1 aromatic rings. The number of hydrogen-bond donors (Lipinski definition) is 3. The lowest BCUT2D eigenvalue weighted by Gasteiger charge is -2.25. The Kier molecular flexibility index (Phi) is 3.82. The predicted molar refractivity (Wildman–Crippen MR) is 67.8 cm³/mol. The summed E-state index contributed by atoms with van der Waals surface area (Å²) in [6.07, 6.45) is 3.63. The first kappa shape index (κ1) is 12.4. The van der Waals surface area contributed by atoms with Crippen LogP contribution in [0, 0.1) is 5.92 Å². The van der Waals surface area contributed by atoms with E-state index >= 15 is 0 Å². The molecule has 0 unspecified atom stereocenters. The van der Waals surface area contributed by atoms with E-state index in [9.17, 15) is 9.59 Å². The molecule has 0 aromatic heterocycles. The van der Waals surface area contributed by atoms with Crippen LogP contribution in [-0.2, 0) is 0 Å².